The summed E-state index contributed by atoms with van der Waals surface area (Å²) in [6.45, 7) is 6.78. The van der Waals surface area contributed by atoms with Gasteiger partial charge in [-0.05, 0) is 30.4 Å². The summed E-state index contributed by atoms with van der Waals surface area (Å²) in [4.78, 5) is 3.14. The van der Waals surface area contributed by atoms with Crippen LogP contribution in [0.15, 0.2) is 24.3 Å². The topological polar surface area (TPSA) is 29.3 Å². The lowest BCUT2D eigenvalue weighted by molar-refractivity contribution is 0.168. The van der Waals surface area contributed by atoms with Crippen molar-refractivity contribution in [2.75, 3.05) is 6.54 Å². The Bertz CT molecular complexity index is 450. The molecule has 0 atom stereocenters. The number of hydrogen-bond donors (Lipinski definition) is 1. The molecule has 0 aliphatic heterocycles. The van der Waals surface area contributed by atoms with Crippen molar-refractivity contribution in [1.29, 1.82) is 0 Å². The van der Waals surface area contributed by atoms with E-state index in [0.29, 0.717) is 10.9 Å². The summed E-state index contributed by atoms with van der Waals surface area (Å²) < 4.78 is 0. The summed E-state index contributed by atoms with van der Waals surface area (Å²) in [5.74, 6) is 0.703. The normalized spacial score (nSPS) is 16.2. The second kappa shape index (κ2) is 7.19. The third-order valence-corrected chi connectivity index (χ3v) is 4.27. The van der Waals surface area contributed by atoms with Crippen LogP contribution in [0.25, 0.3) is 0 Å². The fraction of sp³-hybridized carbons (Fsp3) is 0.588. The fourth-order valence-corrected chi connectivity index (χ4v) is 3.27. The number of benzene rings is 1. The Balaban J connectivity index is 2.09. The van der Waals surface area contributed by atoms with E-state index in [1.54, 1.807) is 0 Å². The first kappa shape index (κ1) is 15.5. The Hall–Kier alpha value is -0.930. The molecule has 0 spiro atoms. The van der Waals surface area contributed by atoms with Crippen LogP contribution in [0.5, 0.6) is 0 Å². The van der Waals surface area contributed by atoms with E-state index in [1.165, 1.54) is 37.8 Å². The molecular formula is C17H26N2S. The molecule has 1 saturated carbocycles. The summed E-state index contributed by atoms with van der Waals surface area (Å²) in [5, 5.41) is 0. The summed E-state index contributed by atoms with van der Waals surface area (Å²) in [6, 6.07) is 9.14. The van der Waals surface area contributed by atoms with Crippen LogP contribution in [0.1, 0.15) is 50.7 Å². The molecule has 3 heteroatoms. The fourth-order valence-electron chi connectivity index (χ4n) is 3.14. The van der Waals surface area contributed by atoms with E-state index in [4.69, 9.17) is 18.0 Å². The Morgan fingerprint density at radius 3 is 2.65 bits per heavy atom. The number of hydrogen-bond acceptors (Lipinski definition) is 2. The molecule has 0 bridgehead atoms. The van der Waals surface area contributed by atoms with Crippen LogP contribution in [-0.2, 0) is 6.54 Å². The van der Waals surface area contributed by atoms with Gasteiger partial charge in [-0.2, -0.15) is 0 Å². The highest BCUT2D eigenvalue weighted by Gasteiger charge is 2.23. The van der Waals surface area contributed by atoms with Crippen molar-refractivity contribution in [2.45, 2.75) is 52.1 Å². The van der Waals surface area contributed by atoms with Crippen molar-refractivity contribution >= 4 is 17.2 Å². The van der Waals surface area contributed by atoms with Crippen LogP contribution in [0.2, 0.25) is 0 Å². The molecule has 1 aromatic carbocycles. The molecule has 110 valence electrons. The van der Waals surface area contributed by atoms with Gasteiger partial charge in [0.05, 0.1) is 0 Å². The summed E-state index contributed by atoms with van der Waals surface area (Å²) in [5.41, 5.74) is 8.04. The standard InChI is InChI=1S/C17H26N2S/c1-13(2)11-19(16-8-3-4-9-16)12-14-6-5-7-15(10-14)17(18)20/h5-7,10,13,16H,3-4,8-9,11-12H2,1-2H3,(H2,18,20). The maximum absolute atomic E-state index is 5.73. The van der Waals surface area contributed by atoms with Gasteiger partial charge in [-0.3, -0.25) is 4.90 Å². The maximum Gasteiger partial charge on any atom is 0.103 e. The SMILES string of the molecule is CC(C)CN(Cc1cccc(C(N)=S)c1)C1CCCC1. The van der Waals surface area contributed by atoms with E-state index >= 15 is 0 Å². The Morgan fingerprint density at radius 2 is 2.05 bits per heavy atom. The van der Waals surface area contributed by atoms with E-state index in [9.17, 15) is 0 Å². The maximum atomic E-state index is 5.73. The van der Waals surface area contributed by atoms with Crippen LogP contribution in [0.3, 0.4) is 0 Å². The van der Waals surface area contributed by atoms with E-state index in [0.717, 1.165) is 18.2 Å². The van der Waals surface area contributed by atoms with Gasteiger partial charge in [-0.15, -0.1) is 0 Å². The minimum absolute atomic E-state index is 0.489. The lowest BCUT2D eigenvalue weighted by Gasteiger charge is -2.30. The van der Waals surface area contributed by atoms with Crippen LogP contribution >= 0.6 is 12.2 Å². The molecule has 0 amide bonds. The predicted molar refractivity (Wildman–Crippen MR) is 89.8 cm³/mol. The van der Waals surface area contributed by atoms with Crippen molar-refractivity contribution in [3.05, 3.63) is 35.4 Å². The highest BCUT2D eigenvalue weighted by atomic mass is 32.1. The zero-order valence-electron chi connectivity index (χ0n) is 12.6. The smallest absolute Gasteiger partial charge is 0.103 e. The van der Waals surface area contributed by atoms with Gasteiger partial charge >= 0.3 is 0 Å². The molecule has 2 N–H and O–H groups in total. The number of rotatable bonds is 6. The lowest BCUT2D eigenvalue weighted by atomic mass is 10.1. The van der Waals surface area contributed by atoms with Crippen LogP contribution in [0.4, 0.5) is 0 Å². The van der Waals surface area contributed by atoms with Gasteiger partial charge in [0.1, 0.15) is 4.99 Å². The van der Waals surface area contributed by atoms with Gasteiger partial charge < -0.3 is 5.73 Å². The monoisotopic (exact) mass is 290 g/mol. The van der Waals surface area contributed by atoms with E-state index in [2.05, 4.69) is 36.9 Å². The van der Waals surface area contributed by atoms with Crippen LogP contribution in [0, 0.1) is 5.92 Å². The molecule has 0 saturated heterocycles. The Morgan fingerprint density at radius 1 is 1.35 bits per heavy atom. The molecule has 1 aliphatic rings. The van der Waals surface area contributed by atoms with E-state index < -0.39 is 0 Å². The number of nitrogens with zero attached hydrogens (tertiary/aromatic N) is 1. The largest absolute Gasteiger partial charge is 0.389 e. The van der Waals surface area contributed by atoms with Crippen molar-refractivity contribution in [1.82, 2.24) is 4.90 Å². The molecule has 2 rings (SSSR count). The van der Waals surface area contributed by atoms with Crippen LogP contribution < -0.4 is 5.73 Å². The average molecular weight is 290 g/mol. The second-order valence-electron chi connectivity index (χ2n) is 6.33. The highest BCUT2D eigenvalue weighted by Crippen LogP contribution is 2.26. The molecule has 1 aliphatic carbocycles. The van der Waals surface area contributed by atoms with Crippen molar-refractivity contribution in [3.63, 3.8) is 0 Å². The predicted octanol–water partition coefficient (Wildman–Crippen LogP) is 3.72. The summed E-state index contributed by atoms with van der Waals surface area (Å²) in [7, 11) is 0. The molecule has 0 aromatic heterocycles. The van der Waals surface area contributed by atoms with Gasteiger partial charge in [0.25, 0.3) is 0 Å². The van der Waals surface area contributed by atoms with Gasteiger partial charge in [0.15, 0.2) is 0 Å². The second-order valence-corrected chi connectivity index (χ2v) is 6.77. The quantitative estimate of drug-likeness (QED) is 0.810. The highest BCUT2D eigenvalue weighted by molar-refractivity contribution is 7.80. The number of nitrogens with two attached hydrogens (primary N) is 1. The third-order valence-electron chi connectivity index (χ3n) is 4.04. The zero-order chi connectivity index (χ0) is 14.5. The van der Waals surface area contributed by atoms with E-state index in [-0.39, 0.29) is 0 Å². The third kappa shape index (κ3) is 4.29. The molecule has 0 radical (unpaired) electrons. The Labute approximate surface area is 128 Å². The Kier molecular flexibility index (Phi) is 5.55. The summed E-state index contributed by atoms with van der Waals surface area (Å²) in [6.07, 6.45) is 5.46. The number of thiocarbonyl (C=S) groups is 1. The molecule has 20 heavy (non-hydrogen) atoms. The van der Waals surface area contributed by atoms with Crippen LogP contribution in [-0.4, -0.2) is 22.5 Å². The first-order valence-electron chi connectivity index (χ1n) is 7.69. The van der Waals surface area contributed by atoms with Crippen molar-refractivity contribution in [3.8, 4) is 0 Å². The van der Waals surface area contributed by atoms with Crippen molar-refractivity contribution in [2.24, 2.45) is 11.7 Å². The molecule has 0 heterocycles. The van der Waals surface area contributed by atoms with E-state index in [1.807, 2.05) is 6.07 Å². The summed E-state index contributed by atoms with van der Waals surface area (Å²) >= 11 is 5.08. The first-order valence-corrected chi connectivity index (χ1v) is 8.10. The molecular weight excluding hydrogens is 264 g/mol. The molecule has 0 unspecified atom stereocenters. The van der Waals surface area contributed by atoms with Crippen molar-refractivity contribution < 1.29 is 0 Å². The van der Waals surface area contributed by atoms with Gasteiger partial charge in [0.2, 0.25) is 0 Å². The zero-order valence-corrected chi connectivity index (χ0v) is 13.5. The minimum atomic E-state index is 0.489. The van der Waals surface area contributed by atoms with Gasteiger partial charge in [-0.25, -0.2) is 0 Å². The van der Waals surface area contributed by atoms with Gasteiger partial charge in [-0.1, -0.05) is 57.1 Å². The molecule has 2 nitrogen and oxygen atoms in total. The molecule has 1 fully saturated rings. The molecule has 1 aromatic rings. The first-order chi connectivity index (χ1) is 9.56. The lowest BCUT2D eigenvalue weighted by Crippen LogP contribution is -2.35. The average Bonchev–Trinajstić information content (AvgIpc) is 2.91. The van der Waals surface area contributed by atoms with Gasteiger partial charge in [0, 0.05) is 24.7 Å². The minimum Gasteiger partial charge on any atom is -0.389 e.